The summed E-state index contributed by atoms with van der Waals surface area (Å²) in [6.45, 7) is 0.498. The zero-order valence-corrected chi connectivity index (χ0v) is 11.2. The maximum absolute atomic E-state index is 12.1. The van der Waals surface area contributed by atoms with Crippen molar-refractivity contribution in [3.05, 3.63) is 54.0 Å². The molecule has 0 bridgehead atoms. The van der Waals surface area contributed by atoms with E-state index in [2.05, 4.69) is 20.5 Å². The number of pyridine rings is 1. The Morgan fingerprint density at radius 1 is 1.24 bits per heavy atom. The van der Waals surface area contributed by atoms with Gasteiger partial charge in [0.05, 0.1) is 10.9 Å². The van der Waals surface area contributed by atoms with Crippen LogP contribution in [0.1, 0.15) is 16.1 Å². The molecule has 106 valence electrons. The van der Waals surface area contributed by atoms with Gasteiger partial charge in [-0.1, -0.05) is 12.1 Å². The zero-order valence-electron chi connectivity index (χ0n) is 11.2. The molecule has 2 aromatic heterocycles. The van der Waals surface area contributed by atoms with E-state index in [4.69, 9.17) is 0 Å². The molecule has 0 fully saturated rings. The van der Waals surface area contributed by atoms with Crippen molar-refractivity contribution < 1.29 is 9.90 Å². The summed E-state index contributed by atoms with van der Waals surface area (Å²) < 4.78 is 0. The number of phenolic OH excluding ortho intramolecular Hbond substituents is 1. The normalized spacial score (nSPS) is 10.7. The monoisotopic (exact) mass is 282 g/mol. The van der Waals surface area contributed by atoms with Crippen LogP contribution < -0.4 is 5.32 Å². The van der Waals surface area contributed by atoms with Crippen LogP contribution in [0.2, 0.25) is 0 Å². The lowest BCUT2D eigenvalue weighted by Crippen LogP contribution is -2.26. The number of nitrogens with zero attached hydrogens (tertiary/aromatic N) is 2. The van der Waals surface area contributed by atoms with Crippen LogP contribution in [-0.4, -0.2) is 32.7 Å². The highest BCUT2D eigenvalue weighted by atomic mass is 16.3. The third-order valence-corrected chi connectivity index (χ3v) is 3.22. The average Bonchev–Trinajstić information content (AvgIpc) is 2.93. The van der Waals surface area contributed by atoms with Crippen molar-refractivity contribution in [2.75, 3.05) is 6.54 Å². The minimum Gasteiger partial charge on any atom is -0.508 e. The fourth-order valence-electron chi connectivity index (χ4n) is 2.10. The summed E-state index contributed by atoms with van der Waals surface area (Å²) in [5.74, 6) is 0.00584. The fraction of sp³-hybridized carbons (Fsp3) is 0.133. The van der Waals surface area contributed by atoms with Gasteiger partial charge in [-0.3, -0.25) is 14.9 Å². The molecule has 2 heterocycles. The van der Waals surface area contributed by atoms with Gasteiger partial charge in [-0.15, -0.1) is 0 Å². The van der Waals surface area contributed by atoms with Gasteiger partial charge < -0.3 is 10.4 Å². The fourth-order valence-corrected chi connectivity index (χ4v) is 2.10. The van der Waals surface area contributed by atoms with Gasteiger partial charge in [-0.2, -0.15) is 5.10 Å². The Hall–Kier alpha value is -2.89. The quantitative estimate of drug-likeness (QED) is 0.678. The van der Waals surface area contributed by atoms with Gasteiger partial charge in [-0.25, -0.2) is 0 Å². The molecule has 1 amide bonds. The molecule has 0 radical (unpaired) electrons. The van der Waals surface area contributed by atoms with Crippen molar-refractivity contribution in [1.82, 2.24) is 20.5 Å². The van der Waals surface area contributed by atoms with E-state index in [0.717, 1.165) is 11.1 Å². The number of aromatic nitrogens is 3. The molecule has 0 unspecified atom stereocenters. The standard InChI is InChI=1S/C15H14N4O2/c20-11-3-1-10(2-4-11)5-8-17-15(21)14-12-9-16-7-6-13(12)18-19-14/h1-4,6-7,9,20H,5,8H2,(H,17,21)(H,18,19). The first-order valence-electron chi connectivity index (χ1n) is 6.58. The Balaban J connectivity index is 1.63. The first kappa shape index (κ1) is 13.1. The van der Waals surface area contributed by atoms with Gasteiger partial charge in [0.15, 0.2) is 5.69 Å². The Kier molecular flexibility index (Phi) is 3.51. The third-order valence-electron chi connectivity index (χ3n) is 3.22. The highest BCUT2D eigenvalue weighted by Gasteiger charge is 2.13. The van der Waals surface area contributed by atoms with Crippen molar-refractivity contribution in [1.29, 1.82) is 0 Å². The average molecular weight is 282 g/mol. The predicted octanol–water partition coefficient (Wildman–Crippen LogP) is 1.64. The van der Waals surface area contributed by atoms with E-state index in [-0.39, 0.29) is 11.7 Å². The molecule has 0 aliphatic heterocycles. The number of phenols is 1. The number of fused-ring (bicyclic) bond motifs is 1. The number of H-pyrrole nitrogens is 1. The molecule has 3 aromatic rings. The predicted molar refractivity (Wildman–Crippen MR) is 78.0 cm³/mol. The SMILES string of the molecule is O=C(NCCc1ccc(O)cc1)c1n[nH]c2ccncc12. The van der Waals surface area contributed by atoms with Crippen molar-refractivity contribution in [2.24, 2.45) is 0 Å². The second-order valence-electron chi connectivity index (χ2n) is 4.67. The topological polar surface area (TPSA) is 90.9 Å². The van der Waals surface area contributed by atoms with E-state index >= 15 is 0 Å². The van der Waals surface area contributed by atoms with E-state index in [0.29, 0.717) is 24.0 Å². The Morgan fingerprint density at radius 3 is 2.86 bits per heavy atom. The molecule has 0 aliphatic rings. The molecule has 0 aliphatic carbocycles. The summed E-state index contributed by atoms with van der Waals surface area (Å²) in [6, 6.07) is 8.69. The second kappa shape index (κ2) is 5.62. The highest BCUT2D eigenvalue weighted by molar-refractivity contribution is 6.04. The Bertz CT molecular complexity index is 765. The van der Waals surface area contributed by atoms with Crippen LogP contribution in [0.25, 0.3) is 10.9 Å². The largest absolute Gasteiger partial charge is 0.508 e. The summed E-state index contributed by atoms with van der Waals surface area (Å²) in [6.07, 6.45) is 3.95. The lowest BCUT2D eigenvalue weighted by Gasteiger charge is -2.04. The first-order valence-corrected chi connectivity index (χ1v) is 6.58. The van der Waals surface area contributed by atoms with Crippen LogP contribution in [0.3, 0.4) is 0 Å². The molecule has 0 atom stereocenters. The molecule has 0 saturated carbocycles. The van der Waals surface area contributed by atoms with Gasteiger partial charge in [0.2, 0.25) is 0 Å². The second-order valence-corrected chi connectivity index (χ2v) is 4.67. The van der Waals surface area contributed by atoms with Gasteiger partial charge >= 0.3 is 0 Å². The van der Waals surface area contributed by atoms with Crippen LogP contribution in [0.5, 0.6) is 5.75 Å². The number of amides is 1. The number of carbonyl (C=O) groups excluding carboxylic acids is 1. The van der Waals surface area contributed by atoms with E-state index in [1.165, 1.54) is 0 Å². The van der Waals surface area contributed by atoms with Crippen LogP contribution in [0, 0.1) is 0 Å². The molecular weight excluding hydrogens is 268 g/mol. The van der Waals surface area contributed by atoms with Gasteiger partial charge in [0.25, 0.3) is 5.91 Å². The molecule has 21 heavy (non-hydrogen) atoms. The number of hydrogen-bond acceptors (Lipinski definition) is 4. The number of rotatable bonds is 4. The van der Waals surface area contributed by atoms with Crippen molar-refractivity contribution in [3.63, 3.8) is 0 Å². The smallest absolute Gasteiger partial charge is 0.272 e. The number of hydrogen-bond donors (Lipinski definition) is 3. The number of carbonyl (C=O) groups is 1. The third kappa shape index (κ3) is 2.84. The summed E-state index contributed by atoms with van der Waals surface area (Å²) in [4.78, 5) is 16.1. The molecule has 3 rings (SSSR count). The van der Waals surface area contributed by atoms with Gasteiger partial charge in [0.1, 0.15) is 5.75 Å². The first-order chi connectivity index (χ1) is 10.2. The maximum Gasteiger partial charge on any atom is 0.272 e. The number of aromatic hydroxyl groups is 1. The van der Waals surface area contributed by atoms with E-state index < -0.39 is 0 Å². The van der Waals surface area contributed by atoms with Gasteiger partial charge in [-0.05, 0) is 30.2 Å². The zero-order chi connectivity index (χ0) is 14.7. The number of aromatic amines is 1. The van der Waals surface area contributed by atoms with E-state index in [1.807, 2.05) is 12.1 Å². The van der Waals surface area contributed by atoms with E-state index in [1.54, 1.807) is 30.6 Å². The molecule has 3 N–H and O–H groups in total. The Labute approximate surface area is 120 Å². The van der Waals surface area contributed by atoms with Crippen LogP contribution in [-0.2, 0) is 6.42 Å². The maximum atomic E-state index is 12.1. The Morgan fingerprint density at radius 2 is 2.05 bits per heavy atom. The van der Waals surface area contributed by atoms with E-state index in [9.17, 15) is 9.90 Å². The van der Waals surface area contributed by atoms with Crippen molar-refractivity contribution in [3.8, 4) is 5.75 Å². The molecule has 0 spiro atoms. The summed E-state index contributed by atoms with van der Waals surface area (Å²) in [7, 11) is 0. The van der Waals surface area contributed by atoms with Crippen molar-refractivity contribution in [2.45, 2.75) is 6.42 Å². The highest BCUT2D eigenvalue weighted by Crippen LogP contribution is 2.13. The number of nitrogens with one attached hydrogen (secondary N) is 2. The molecule has 1 aromatic carbocycles. The minimum atomic E-state index is -0.229. The van der Waals surface area contributed by atoms with Gasteiger partial charge in [0, 0.05) is 18.9 Å². The van der Waals surface area contributed by atoms with Crippen LogP contribution in [0.15, 0.2) is 42.7 Å². The number of benzene rings is 1. The molecular formula is C15H14N4O2. The lowest BCUT2D eigenvalue weighted by molar-refractivity contribution is 0.0950. The molecule has 6 nitrogen and oxygen atoms in total. The van der Waals surface area contributed by atoms with Crippen molar-refractivity contribution >= 4 is 16.8 Å². The molecule has 6 heteroatoms. The minimum absolute atomic E-state index is 0.229. The lowest BCUT2D eigenvalue weighted by atomic mass is 10.1. The molecule has 0 saturated heterocycles. The summed E-state index contributed by atoms with van der Waals surface area (Å²) in [5, 5.41) is 19.6. The summed E-state index contributed by atoms with van der Waals surface area (Å²) in [5.41, 5.74) is 2.18. The summed E-state index contributed by atoms with van der Waals surface area (Å²) >= 11 is 0. The van der Waals surface area contributed by atoms with Crippen LogP contribution in [0.4, 0.5) is 0 Å². The van der Waals surface area contributed by atoms with Crippen LogP contribution >= 0.6 is 0 Å².